The third-order valence-corrected chi connectivity index (χ3v) is 5.66. The third kappa shape index (κ3) is 3.08. The van der Waals surface area contributed by atoms with Crippen molar-refractivity contribution in [1.29, 1.82) is 0 Å². The lowest BCUT2D eigenvalue weighted by Crippen LogP contribution is -2.40. The van der Waals surface area contributed by atoms with Crippen LogP contribution in [0.3, 0.4) is 0 Å². The second kappa shape index (κ2) is 6.84. The molecule has 1 aromatic carbocycles. The van der Waals surface area contributed by atoms with E-state index in [0.29, 0.717) is 18.7 Å². The first-order valence-electron chi connectivity index (χ1n) is 9.82. The van der Waals surface area contributed by atoms with Crippen LogP contribution in [0, 0.1) is 6.92 Å². The average molecular weight is 387 g/mol. The van der Waals surface area contributed by atoms with Gasteiger partial charge in [0.05, 0.1) is 11.0 Å². The van der Waals surface area contributed by atoms with E-state index in [0.717, 1.165) is 35.3 Å². The Kier molecular flexibility index (Phi) is 4.16. The number of fused-ring (bicyclic) bond motifs is 2. The molecule has 29 heavy (non-hydrogen) atoms. The zero-order valence-corrected chi connectivity index (χ0v) is 16.1. The van der Waals surface area contributed by atoms with Crippen LogP contribution in [0.15, 0.2) is 53.6 Å². The normalized spacial score (nSPS) is 15.3. The van der Waals surface area contributed by atoms with Gasteiger partial charge in [0.1, 0.15) is 17.0 Å². The van der Waals surface area contributed by atoms with Gasteiger partial charge in [-0.1, -0.05) is 18.2 Å². The average Bonchev–Trinajstić information content (AvgIpc) is 3.18. The van der Waals surface area contributed by atoms with Gasteiger partial charge < -0.3 is 9.88 Å². The molecule has 0 atom stereocenters. The number of aryl methyl sites for hydroxylation is 1. The summed E-state index contributed by atoms with van der Waals surface area (Å²) in [5.41, 5.74) is 3.29. The number of pyridine rings is 1. The van der Waals surface area contributed by atoms with Crippen LogP contribution in [0.2, 0.25) is 0 Å². The molecule has 0 bridgehead atoms. The molecule has 0 spiro atoms. The maximum Gasteiger partial charge on any atom is 0.270 e. The number of nitrogens with one attached hydrogen (secondary N) is 1. The highest BCUT2D eigenvalue weighted by atomic mass is 16.2. The van der Waals surface area contributed by atoms with Crippen LogP contribution in [0.1, 0.15) is 40.5 Å². The fourth-order valence-corrected chi connectivity index (χ4v) is 4.02. The number of H-pyrrole nitrogens is 1. The number of amides is 1. The Morgan fingerprint density at radius 3 is 2.72 bits per heavy atom. The molecule has 1 fully saturated rings. The minimum Gasteiger partial charge on any atom is -0.342 e. The van der Waals surface area contributed by atoms with Crippen molar-refractivity contribution >= 4 is 22.6 Å². The predicted molar refractivity (Wildman–Crippen MR) is 110 cm³/mol. The maximum atomic E-state index is 13.0. The Hall–Kier alpha value is -3.48. The molecule has 5 rings (SSSR count). The highest BCUT2D eigenvalue weighted by Crippen LogP contribution is 2.28. The van der Waals surface area contributed by atoms with E-state index in [1.54, 1.807) is 17.2 Å². The lowest BCUT2D eigenvalue weighted by atomic mass is 9.96. The number of hydrogen-bond donors (Lipinski definition) is 1. The van der Waals surface area contributed by atoms with Gasteiger partial charge in [-0.05, 0) is 43.5 Å². The monoisotopic (exact) mass is 387 g/mol. The largest absolute Gasteiger partial charge is 0.342 e. The molecule has 0 aliphatic carbocycles. The molecule has 0 saturated carbocycles. The van der Waals surface area contributed by atoms with Crippen LogP contribution in [0.25, 0.3) is 16.7 Å². The summed E-state index contributed by atoms with van der Waals surface area (Å²) in [6.45, 7) is 3.09. The topological polar surface area (TPSA) is 83.4 Å². The van der Waals surface area contributed by atoms with Gasteiger partial charge in [0.2, 0.25) is 0 Å². The lowest BCUT2D eigenvalue weighted by Gasteiger charge is -2.31. The SMILES string of the molecule is Cc1ccc2ncc(C(=O)N3CCC(c4nc5ccccc5[nH]4)CC3)c(=O)n2c1. The lowest BCUT2D eigenvalue weighted by molar-refractivity contribution is 0.0709. The summed E-state index contributed by atoms with van der Waals surface area (Å²) in [5.74, 6) is 1.01. The zero-order valence-electron chi connectivity index (χ0n) is 16.1. The van der Waals surface area contributed by atoms with Crippen molar-refractivity contribution in [3.05, 3.63) is 76.1 Å². The highest BCUT2D eigenvalue weighted by molar-refractivity contribution is 5.93. The molecule has 7 nitrogen and oxygen atoms in total. The first-order valence-corrected chi connectivity index (χ1v) is 9.82. The molecule has 146 valence electrons. The van der Waals surface area contributed by atoms with Crippen molar-refractivity contribution in [3.8, 4) is 0 Å². The number of benzene rings is 1. The van der Waals surface area contributed by atoms with Crippen LogP contribution in [0.4, 0.5) is 0 Å². The molecule has 3 aromatic heterocycles. The number of likely N-dealkylation sites (tertiary alicyclic amines) is 1. The van der Waals surface area contributed by atoms with Gasteiger partial charge in [0.25, 0.3) is 11.5 Å². The molecule has 0 radical (unpaired) electrons. The van der Waals surface area contributed by atoms with Gasteiger partial charge in [-0.3, -0.25) is 14.0 Å². The number of piperidine rings is 1. The van der Waals surface area contributed by atoms with E-state index in [4.69, 9.17) is 4.98 Å². The summed E-state index contributed by atoms with van der Waals surface area (Å²) in [7, 11) is 0. The van der Waals surface area contributed by atoms with Crippen LogP contribution in [0.5, 0.6) is 0 Å². The Bertz CT molecular complexity index is 1250. The summed E-state index contributed by atoms with van der Waals surface area (Å²) in [6, 6.07) is 11.7. The number of carbonyl (C=O) groups is 1. The molecule has 4 heterocycles. The zero-order chi connectivity index (χ0) is 20.0. The predicted octanol–water partition coefficient (Wildman–Crippen LogP) is 2.90. The Morgan fingerprint density at radius 2 is 1.93 bits per heavy atom. The molecule has 1 amide bonds. The van der Waals surface area contributed by atoms with E-state index in [1.807, 2.05) is 37.3 Å². The molecule has 0 unspecified atom stereocenters. The van der Waals surface area contributed by atoms with Crippen molar-refractivity contribution in [3.63, 3.8) is 0 Å². The van der Waals surface area contributed by atoms with Gasteiger partial charge >= 0.3 is 0 Å². The van der Waals surface area contributed by atoms with Crippen molar-refractivity contribution in [2.24, 2.45) is 0 Å². The van der Waals surface area contributed by atoms with Gasteiger partial charge in [-0.15, -0.1) is 0 Å². The first-order chi connectivity index (χ1) is 14.1. The van der Waals surface area contributed by atoms with E-state index in [2.05, 4.69) is 9.97 Å². The van der Waals surface area contributed by atoms with Gasteiger partial charge in [-0.2, -0.15) is 0 Å². The smallest absolute Gasteiger partial charge is 0.270 e. The fraction of sp³-hybridized carbons (Fsp3) is 0.273. The van der Waals surface area contributed by atoms with Crippen LogP contribution in [-0.2, 0) is 0 Å². The second-order valence-corrected chi connectivity index (χ2v) is 7.62. The van der Waals surface area contributed by atoms with Gasteiger partial charge in [-0.25, -0.2) is 9.97 Å². The van der Waals surface area contributed by atoms with Crippen LogP contribution < -0.4 is 5.56 Å². The molecule has 1 aliphatic rings. The van der Waals surface area contributed by atoms with Gasteiger partial charge in [0.15, 0.2) is 0 Å². The maximum absolute atomic E-state index is 13.0. The molecule has 1 N–H and O–H groups in total. The standard InChI is InChI=1S/C22H21N5O2/c1-14-6-7-19-23-12-16(22(29)27(19)13-14)21(28)26-10-8-15(9-11-26)20-24-17-4-2-3-5-18(17)25-20/h2-7,12-13,15H,8-11H2,1H3,(H,24,25). The summed E-state index contributed by atoms with van der Waals surface area (Å²) >= 11 is 0. The quantitative estimate of drug-likeness (QED) is 0.573. The fourth-order valence-electron chi connectivity index (χ4n) is 4.02. The Balaban J connectivity index is 1.35. The Labute approximate surface area is 167 Å². The Morgan fingerprint density at radius 1 is 1.14 bits per heavy atom. The van der Waals surface area contributed by atoms with E-state index >= 15 is 0 Å². The molecule has 4 aromatic rings. The van der Waals surface area contributed by atoms with Crippen molar-refractivity contribution < 1.29 is 4.79 Å². The van der Waals surface area contributed by atoms with Crippen molar-refractivity contribution in [2.75, 3.05) is 13.1 Å². The van der Waals surface area contributed by atoms with E-state index in [1.165, 1.54) is 10.6 Å². The first kappa shape index (κ1) is 17.6. The number of rotatable bonds is 2. The molecule has 7 heteroatoms. The number of aromatic amines is 1. The van der Waals surface area contributed by atoms with Gasteiger partial charge in [0, 0.05) is 31.4 Å². The highest BCUT2D eigenvalue weighted by Gasteiger charge is 2.28. The molecule has 1 aliphatic heterocycles. The number of hydrogen-bond acceptors (Lipinski definition) is 4. The van der Waals surface area contributed by atoms with Crippen LogP contribution in [-0.4, -0.2) is 43.2 Å². The van der Waals surface area contributed by atoms with E-state index in [-0.39, 0.29) is 22.9 Å². The summed E-state index contributed by atoms with van der Waals surface area (Å²) in [6.07, 6.45) is 4.75. The minimum atomic E-state index is -0.317. The van der Waals surface area contributed by atoms with Crippen molar-refractivity contribution in [2.45, 2.75) is 25.7 Å². The summed E-state index contributed by atoms with van der Waals surface area (Å²) < 4.78 is 1.45. The number of carbonyl (C=O) groups excluding carboxylic acids is 1. The third-order valence-electron chi connectivity index (χ3n) is 5.66. The van der Waals surface area contributed by atoms with Crippen molar-refractivity contribution in [1.82, 2.24) is 24.3 Å². The molecular formula is C22H21N5O2. The number of para-hydroxylation sites is 2. The van der Waals surface area contributed by atoms with Crippen LogP contribution >= 0.6 is 0 Å². The van der Waals surface area contributed by atoms with E-state index in [9.17, 15) is 9.59 Å². The summed E-state index contributed by atoms with van der Waals surface area (Å²) in [5, 5.41) is 0. The number of aromatic nitrogens is 4. The molecule has 1 saturated heterocycles. The second-order valence-electron chi connectivity index (χ2n) is 7.62. The summed E-state index contributed by atoms with van der Waals surface area (Å²) in [4.78, 5) is 39.9. The van der Waals surface area contributed by atoms with E-state index < -0.39 is 0 Å². The molecular weight excluding hydrogens is 366 g/mol. The number of imidazole rings is 1. The minimum absolute atomic E-state index is 0.121. The number of nitrogens with zero attached hydrogens (tertiary/aromatic N) is 4.